The molecule has 0 saturated heterocycles. The summed E-state index contributed by atoms with van der Waals surface area (Å²) in [5.74, 6) is 4.04. The first kappa shape index (κ1) is 16.5. The Balaban J connectivity index is 1.22. The van der Waals surface area contributed by atoms with Crippen LogP contribution in [-0.2, 0) is 17.6 Å². The van der Waals surface area contributed by atoms with E-state index < -0.39 is 0 Å². The second-order valence-electron chi connectivity index (χ2n) is 8.89. The molecule has 2 aromatic rings. The van der Waals surface area contributed by atoms with Gasteiger partial charge >= 0.3 is 0 Å². The van der Waals surface area contributed by atoms with Gasteiger partial charge in [-0.05, 0) is 61.5 Å². The number of hydrogen-bond acceptors (Lipinski definition) is 4. The summed E-state index contributed by atoms with van der Waals surface area (Å²) in [6.07, 6.45) is 6.94. The number of fused-ring (bicyclic) bond motifs is 6. The van der Waals surface area contributed by atoms with Crippen molar-refractivity contribution in [3.8, 4) is 11.5 Å². The van der Waals surface area contributed by atoms with Crippen LogP contribution in [0.2, 0.25) is 0 Å². The summed E-state index contributed by atoms with van der Waals surface area (Å²) in [7, 11) is 0. The summed E-state index contributed by atoms with van der Waals surface area (Å²) < 4.78 is 0. The van der Waals surface area contributed by atoms with E-state index in [1.54, 1.807) is 6.20 Å². The van der Waals surface area contributed by atoms with Crippen LogP contribution in [0.25, 0.3) is 11.5 Å². The van der Waals surface area contributed by atoms with E-state index in [0.717, 1.165) is 23.1 Å². The lowest BCUT2D eigenvalue weighted by Gasteiger charge is -2.22. The van der Waals surface area contributed by atoms with E-state index in [0.29, 0.717) is 55.2 Å². The number of amides is 1. The third-order valence-corrected chi connectivity index (χ3v) is 7.59. The van der Waals surface area contributed by atoms with Gasteiger partial charge in [0.05, 0.1) is 5.69 Å². The van der Waals surface area contributed by atoms with Crippen molar-refractivity contribution in [1.82, 2.24) is 19.9 Å². The lowest BCUT2D eigenvalue weighted by molar-refractivity contribution is -0.133. The summed E-state index contributed by atoms with van der Waals surface area (Å²) in [5, 5.41) is 0. The van der Waals surface area contributed by atoms with Crippen molar-refractivity contribution in [2.45, 2.75) is 32.1 Å². The predicted molar refractivity (Wildman–Crippen MR) is 103 cm³/mol. The van der Waals surface area contributed by atoms with Crippen molar-refractivity contribution in [3.63, 3.8) is 0 Å². The van der Waals surface area contributed by atoms with Gasteiger partial charge in [0.25, 0.3) is 5.56 Å². The Bertz CT molecular complexity index is 985. The van der Waals surface area contributed by atoms with Gasteiger partial charge in [0.1, 0.15) is 5.69 Å². The lowest BCUT2D eigenvalue weighted by atomic mass is 10.0. The first-order valence-corrected chi connectivity index (χ1v) is 10.5. The van der Waals surface area contributed by atoms with Gasteiger partial charge in [0.2, 0.25) is 5.91 Å². The van der Waals surface area contributed by atoms with E-state index in [9.17, 15) is 9.59 Å². The number of nitrogens with one attached hydrogen (secondary N) is 1. The fraction of sp³-hybridized carbons (Fsp3) is 0.545. The molecule has 1 aliphatic heterocycles. The Morgan fingerprint density at radius 1 is 1.11 bits per heavy atom. The maximum absolute atomic E-state index is 13.2. The van der Waals surface area contributed by atoms with Crippen LogP contribution in [0.5, 0.6) is 0 Å². The van der Waals surface area contributed by atoms with Gasteiger partial charge in [-0.2, -0.15) is 0 Å². The minimum absolute atomic E-state index is 0.0960. The van der Waals surface area contributed by atoms with Crippen LogP contribution in [0, 0.1) is 29.6 Å². The average molecular weight is 376 g/mol. The van der Waals surface area contributed by atoms with Gasteiger partial charge in [0, 0.05) is 37.2 Å². The average Bonchev–Trinajstić information content (AvgIpc) is 3.26. The molecular weight excluding hydrogens is 352 g/mol. The highest BCUT2D eigenvalue weighted by Crippen LogP contribution is 2.69. The molecule has 6 rings (SSSR count). The highest BCUT2D eigenvalue weighted by Gasteiger charge is 2.67. The third-order valence-electron chi connectivity index (χ3n) is 7.59. The van der Waals surface area contributed by atoms with Crippen molar-refractivity contribution in [2.75, 3.05) is 13.1 Å². The van der Waals surface area contributed by atoms with Crippen LogP contribution in [0.3, 0.4) is 0 Å². The minimum atomic E-state index is -0.0960. The number of carbonyl (C=O) groups excluding carboxylic acids is 1. The summed E-state index contributed by atoms with van der Waals surface area (Å²) in [4.78, 5) is 39.7. The summed E-state index contributed by atoms with van der Waals surface area (Å²) in [6.45, 7) is 1.29. The number of pyridine rings is 1. The standard InChI is InChI=1S/C22H24N4O2/c27-21-14-6-9-26(22(28)19-17-12-4-5-13(11-12)18(17)19)10-7-15(14)24-20(25-21)16-3-1-2-8-23-16/h1-3,8,12-13,17-19H,4-7,9-11H2,(H,24,25,27)/t12-,13-,17-,18+,19?/m0/s1. The summed E-state index contributed by atoms with van der Waals surface area (Å²) in [6, 6.07) is 5.57. The maximum atomic E-state index is 13.2. The maximum Gasteiger partial charge on any atom is 0.254 e. The number of rotatable bonds is 2. The minimum Gasteiger partial charge on any atom is -0.342 e. The quantitative estimate of drug-likeness (QED) is 0.870. The van der Waals surface area contributed by atoms with Crippen LogP contribution in [0.15, 0.2) is 29.2 Å². The Morgan fingerprint density at radius 2 is 1.89 bits per heavy atom. The fourth-order valence-corrected chi connectivity index (χ4v) is 6.32. The molecular formula is C22H24N4O2. The molecule has 3 aliphatic carbocycles. The van der Waals surface area contributed by atoms with Gasteiger partial charge in [-0.3, -0.25) is 14.6 Å². The summed E-state index contributed by atoms with van der Waals surface area (Å²) in [5.41, 5.74) is 2.11. The van der Waals surface area contributed by atoms with E-state index in [1.165, 1.54) is 19.3 Å². The van der Waals surface area contributed by atoms with Crippen molar-refractivity contribution in [3.05, 3.63) is 46.0 Å². The molecule has 3 saturated carbocycles. The number of nitrogens with zero attached hydrogens (tertiary/aromatic N) is 3. The second-order valence-corrected chi connectivity index (χ2v) is 8.89. The Morgan fingerprint density at radius 3 is 2.64 bits per heavy atom. The number of aromatic amines is 1. The van der Waals surface area contributed by atoms with Crippen LogP contribution >= 0.6 is 0 Å². The molecule has 0 spiro atoms. The predicted octanol–water partition coefficient (Wildman–Crippen LogP) is 2.05. The van der Waals surface area contributed by atoms with Crippen molar-refractivity contribution in [1.29, 1.82) is 0 Å². The first-order valence-electron chi connectivity index (χ1n) is 10.5. The van der Waals surface area contributed by atoms with Gasteiger partial charge in [-0.25, -0.2) is 4.98 Å². The second kappa shape index (κ2) is 6.00. The van der Waals surface area contributed by atoms with E-state index >= 15 is 0 Å². The van der Waals surface area contributed by atoms with Crippen LogP contribution in [-0.4, -0.2) is 38.8 Å². The van der Waals surface area contributed by atoms with Crippen molar-refractivity contribution >= 4 is 5.91 Å². The van der Waals surface area contributed by atoms with E-state index in [1.807, 2.05) is 23.1 Å². The molecule has 1 N–H and O–H groups in total. The molecule has 6 heteroatoms. The van der Waals surface area contributed by atoms with E-state index in [4.69, 9.17) is 4.98 Å². The van der Waals surface area contributed by atoms with Gasteiger partial charge < -0.3 is 9.88 Å². The fourth-order valence-electron chi connectivity index (χ4n) is 6.32. The molecule has 3 fully saturated rings. The molecule has 6 nitrogen and oxygen atoms in total. The Labute approximate surface area is 163 Å². The zero-order valence-electron chi connectivity index (χ0n) is 15.8. The molecule has 1 unspecified atom stereocenters. The number of H-pyrrole nitrogens is 1. The molecule has 4 aliphatic rings. The third kappa shape index (κ3) is 2.39. The van der Waals surface area contributed by atoms with E-state index in [-0.39, 0.29) is 11.5 Å². The zero-order valence-corrected chi connectivity index (χ0v) is 15.8. The topological polar surface area (TPSA) is 79.0 Å². The zero-order chi connectivity index (χ0) is 18.8. The molecule has 0 radical (unpaired) electrons. The van der Waals surface area contributed by atoms with Crippen LogP contribution in [0.4, 0.5) is 0 Å². The molecule has 0 aromatic carbocycles. The van der Waals surface area contributed by atoms with Gasteiger partial charge in [-0.1, -0.05) is 6.07 Å². The number of carbonyl (C=O) groups is 1. The molecule has 5 atom stereocenters. The smallest absolute Gasteiger partial charge is 0.254 e. The van der Waals surface area contributed by atoms with Gasteiger partial charge in [0.15, 0.2) is 5.82 Å². The van der Waals surface area contributed by atoms with E-state index in [2.05, 4.69) is 9.97 Å². The highest BCUT2D eigenvalue weighted by atomic mass is 16.2. The monoisotopic (exact) mass is 376 g/mol. The lowest BCUT2D eigenvalue weighted by Crippen LogP contribution is -2.36. The molecule has 2 bridgehead atoms. The SMILES string of the molecule is O=C(C1[C@@H]2[C@H]3CC[C@@H](C3)[C@H]12)N1CCc2nc(-c3ccccn3)[nH]c(=O)c2CC1. The first-order chi connectivity index (χ1) is 13.7. The Kier molecular flexibility index (Phi) is 3.52. The number of hydrogen-bond donors (Lipinski definition) is 1. The summed E-state index contributed by atoms with van der Waals surface area (Å²) >= 11 is 0. The number of aromatic nitrogens is 3. The largest absolute Gasteiger partial charge is 0.342 e. The van der Waals surface area contributed by atoms with Crippen molar-refractivity contribution in [2.24, 2.45) is 29.6 Å². The normalized spacial score (nSPS) is 32.6. The molecule has 3 heterocycles. The van der Waals surface area contributed by atoms with Gasteiger partial charge in [-0.15, -0.1) is 0 Å². The molecule has 144 valence electrons. The van der Waals surface area contributed by atoms with Crippen LogP contribution < -0.4 is 5.56 Å². The highest BCUT2D eigenvalue weighted by molar-refractivity contribution is 5.83. The van der Waals surface area contributed by atoms with Crippen LogP contribution in [0.1, 0.15) is 30.5 Å². The molecule has 1 amide bonds. The Hall–Kier alpha value is -2.50. The molecule has 28 heavy (non-hydrogen) atoms. The molecule has 2 aromatic heterocycles. The van der Waals surface area contributed by atoms with Crippen molar-refractivity contribution < 1.29 is 4.79 Å².